The Morgan fingerprint density at radius 2 is 1.89 bits per heavy atom. The van der Waals surface area contributed by atoms with Crippen LogP contribution in [0.25, 0.3) is 10.9 Å². The van der Waals surface area contributed by atoms with Crippen molar-refractivity contribution in [1.82, 2.24) is 24.2 Å². The summed E-state index contributed by atoms with van der Waals surface area (Å²) in [6.45, 7) is 6.83. The van der Waals surface area contributed by atoms with Crippen LogP contribution in [0.15, 0.2) is 28.7 Å². The number of anilines is 2. The zero-order chi connectivity index (χ0) is 27.0. The second-order valence-corrected chi connectivity index (χ2v) is 11.9. The molecule has 2 aromatic heterocycles. The van der Waals surface area contributed by atoms with Crippen molar-refractivity contribution < 1.29 is 26.4 Å². The second-order valence-electron chi connectivity index (χ2n) is 8.74. The lowest BCUT2D eigenvalue weighted by atomic mass is 10.1. The van der Waals surface area contributed by atoms with Crippen molar-refractivity contribution in [2.75, 3.05) is 43.4 Å². The molecule has 15 heteroatoms. The summed E-state index contributed by atoms with van der Waals surface area (Å²) in [5.41, 5.74) is -0.654. The van der Waals surface area contributed by atoms with E-state index in [1.807, 2.05) is 6.92 Å². The third kappa shape index (κ3) is 6.00. The predicted molar refractivity (Wildman–Crippen MR) is 134 cm³/mol. The van der Waals surface area contributed by atoms with E-state index < -0.39 is 21.8 Å². The van der Waals surface area contributed by atoms with Crippen molar-refractivity contribution in [1.29, 1.82) is 0 Å². The molecule has 2 N–H and O–H groups in total. The van der Waals surface area contributed by atoms with E-state index in [1.165, 1.54) is 17.3 Å². The number of carbonyl (C=O) groups is 1. The number of amides is 1. The fraction of sp³-hybridized carbons (Fsp3) is 0.455. The number of thiazole rings is 1. The number of piperazine rings is 1. The molecule has 4 rings (SSSR count). The van der Waals surface area contributed by atoms with Crippen LogP contribution in [0.2, 0.25) is 0 Å². The summed E-state index contributed by atoms with van der Waals surface area (Å²) in [4.78, 5) is 25.5. The summed E-state index contributed by atoms with van der Waals surface area (Å²) in [6, 6.07) is 3.68. The standard InChI is InChI=1S/C22H26F3N7O3S2/c1-13(28-19-16-5-4-6-17(22(23,24)25)18(16)26-12-27-19)11-31-7-9-32(10-8-31)37(34,35)20-14(2)29-21(36-20)30-15(3)33/h4-6,12-13H,7-11H2,1-3H3,(H,26,27,28)(H,29,30,33). The first-order chi connectivity index (χ1) is 17.4. The number of fused-ring (bicyclic) bond motifs is 1. The van der Waals surface area contributed by atoms with E-state index >= 15 is 0 Å². The summed E-state index contributed by atoms with van der Waals surface area (Å²) in [5, 5.41) is 6.20. The highest BCUT2D eigenvalue weighted by molar-refractivity contribution is 7.91. The molecule has 37 heavy (non-hydrogen) atoms. The van der Waals surface area contributed by atoms with Gasteiger partial charge in [-0.15, -0.1) is 0 Å². The Hall–Kier alpha value is -2.88. The van der Waals surface area contributed by atoms with Crippen molar-refractivity contribution in [3.8, 4) is 0 Å². The van der Waals surface area contributed by atoms with Crippen molar-refractivity contribution in [2.24, 2.45) is 0 Å². The fourth-order valence-corrected chi connectivity index (χ4v) is 7.21. The maximum atomic E-state index is 13.4. The molecule has 1 aliphatic heterocycles. The smallest absolute Gasteiger partial charge is 0.366 e. The van der Waals surface area contributed by atoms with E-state index in [2.05, 4.69) is 30.5 Å². The Morgan fingerprint density at radius 3 is 2.54 bits per heavy atom. The topological polar surface area (TPSA) is 120 Å². The number of carbonyl (C=O) groups excluding carboxylic acids is 1. The van der Waals surface area contributed by atoms with Crippen molar-refractivity contribution in [3.63, 3.8) is 0 Å². The molecular weight excluding hydrogens is 531 g/mol. The van der Waals surface area contributed by atoms with Crippen LogP contribution in [0.4, 0.5) is 24.1 Å². The van der Waals surface area contributed by atoms with Crippen LogP contribution >= 0.6 is 11.3 Å². The van der Waals surface area contributed by atoms with E-state index in [1.54, 1.807) is 13.0 Å². The number of rotatable bonds is 7. The lowest BCUT2D eigenvalue weighted by Crippen LogP contribution is -2.50. The first kappa shape index (κ1) is 27.2. The average molecular weight is 558 g/mol. The van der Waals surface area contributed by atoms with E-state index in [0.717, 1.165) is 23.7 Å². The van der Waals surface area contributed by atoms with E-state index in [9.17, 15) is 26.4 Å². The van der Waals surface area contributed by atoms with Crippen molar-refractivity contribution in [2.45, 2.75) is 37.2 Å². The molecule has 1 fully saturated rings. The summed E-state index contributed by atoms with van der Waals surface area (Å²) in [6.07, 6.45) is -3.42. The number of sulfonamides is 1. The van der Waals surface area contributed by atoms with Gasteiger partial charge in [0.25, 0.3) is 10.0 Å². The summed E-state index contributed by atoms with van der Waals surface area (Å²) in [5.74, 6) is -0.0229. The number of aryl methyl sites for hydroxylation is 1. The molecule has 0 spiro atoms. The maximum absolute atomic E-state index is 13.4. The average Bonchev–Trinajstić information content (AvgIpc) is 3.18. The second kappa shape index (κ2) is 10.5. The minimum absolute atomic E-state index is 0.105. The van der Waals surface area contributed by atoms with E-state index in [-0.39, 0.29) is 45.3 Å². The molecular formula is C22H26F3N7O3S2. The monoisotopic (exact) mass is 557 g/mol. The largest absolute Gasteiger partial charge is 0.418 e. The molecule has 3 heterocycles. The van der Waals surface area contributed by atoms with Crippen LogP contribution in [0, 0.1) is 6.92 Å². The van der Waals surface area contributed by atoms with E-state index in [0.29, 0.717) is 31.1 Å². The number of hydrogen-bond acceptors (Lipinski definition) is 9. The lowest BCUT2D eigenvalue weighted by molar-refractivity contribution is -0.136. The minimum Gasteiger partial charge on any atom is -0.366 e. The van der Waals surface area contributed by atoms with Crippen LogP contribution < -0.4 is 10.6 Å². The normalized spacial score (nSPS) is 16.6. The van der Waals surface area contributed by atoms with Gasteiger partial charge in [0, 0.05) is 51.1 Å². The number of halogens is 3. The third-order valence-electron chi connectivity index (χ3n) is 5.83. The van der Waals surface area contributed by atoms with Gasteiger partial charge in [-0.25, -0.2) is 23.4 Å². The van der Waals surface area contributed by atoms with Gasteiger partial charge >= 0.3 is 6.18 Å². The van der Waals surface area contributed by atoms with Crippen LogP contribution in [-0.4, -0.2) is 77.2 Å². The number of aromatic nitrogens is 3. The Morgan fingerprint density at radius 1 is 1.19 bits per heavy atom. The molecule has 1 amide bonds. The minimum atomic E-state index is -4.53. The van der Waals surface area contributed by atoms with Gasteiger partial charge < -0.3 is 10.6 Å². The molecule has 1 atom stereocenters. The van der Waals surface area contributed by atoms with Gasteiger partial charge in [-0.1, -0.05) is 17.4 Å². The summed E-state index contributed by atoms with van der Waals surface area (Å²) in [7, 11) is -3.76. The number of hydrogen-bond donors (Lipinski definition) is 2. The van der Waals surface area contributed by atoms with Crippen LogP contribution in [0.5, 0.6) is 0 Å². The number of nitrogens with zero attached hydrogens (tertiary/aromatic N) is 5. The number of alkyl halides is 3. The molecule has 10 nitrogen and oxygen atoms in total. The van der Waals surface area contributed by atoms with Crippen molar-refractivity contribution in [3.05, 3.63) is 35.8 Å². The van der Waals surface area contributed by atoms with Gasteiger partial charge in [0.15, 0.2) is 9.34 Å². The number of nitrogens with one attached hydrogen (secondary N) is 2. The summed E-state index contributed by atoms with van der Waals surface area (Å²) >= 11 is 0.926. The molecule has 0 bridgehead atoms. The third-order valence-corrected chi connectivity index (χ3v) is 9.39. The number of benzene rings is 1. The molecule has 0 radical (unpaired) electrons. The number of para-hydroxylation sites is 1. The van der Waals surface area contributed by atoms with Crippen LogP contribution in [-0.2, 0) is 21.0 Å². The van der Waals surface area contributed by atoms with Gasteiger partial charge in [-0.05, 0) is 26.0 Å². The van der Waals surface area contributed by atoms with Gasteiger partial charge in [0.05, 0.1) is 16.8 Å². The Kier molecular flexibility index (Phi) is 7.69. The quantitative estimate of drug-likeness (QED) is 0.455. The molecule has 1 aromatic carbocycles. The first-order valence-corrected chi connectivity index (χ1v) is 13.7. The lowest BCUT2D eigenvalue weighted by Gasteiger charge is -2.35. The molecule has 1 aliphatic rings. The first-order valence-electron chi connectivity index (χ1n) is 11.4. The molecule has 3 aromatic rings. The predicted octanol–water partition coefficient (Wildman–Crippen LogP) is 3.18. The fourth-order valence-electron chi connectivity index (χ4n) is 4.19. The highest BCUT2D eigenvalue weighted by Gasteiger charge is 2.34. The van der Waals surface area contributed by atoms with Crippen LogP contribution in [0.1, 0.15) is 25.1 Å². The molecule has 0 saturated carbocycles. The Bertz CT molecular complexity index is 1400. The Labute approximate surface area is 216 Å². The zero-order valence-electron chi connectivity index (χ0n) is 20.3. The molecule has 0 aliphatic carbocycles. The van der Waals surface area contributed by atoms with Gasteiger partial charge in [0.2, 0.25) is 5.91 Å². The van der Waals surface area contributed by atoms with E-state index in [4.69, 9.17) is 0 Å². The SMILES string of the molecule is CC(=O)Nc1nc(C)c(S(=O)(=O)N2CCN(CC(C)Nc3ncnc4c(C(F)(F)F)cccc34)CC2)s1. The highest BCUT2D eigenvalue weighted by atomic mass is 32.2. The summed E-state index contributed by atoms with van der Waals surface area (Å²) < 4.78 is 67.9. The van der Waals surface area contributed by atoms with Gasteiger partial charge in [-0.2, -0.15) is 17.5 Å². The Balaban J connectivity index is 1.39. The van der Waals surface area contributed by atoms with Gasteiger partial charge in [-0.3, -0.25) is 9.69 Å². The highest BCUT2D eigenvalue weighted by Crippen LogP contribution is 2.35. The van der Waals surface area contributed by atoms with Crippen LogP contribution in [0.3, 0.4) is 0 Å². The molecule has 200 valence electrons. The van der Waals surface area contributed by atoms with Crippen molar-refractivity contribution >= 4 is 49.1 Å². The maximum Gasteiger partial charge on any atom is 0.418 e. The van der Waals surface area contributed by atoms with Gasteiger partial charge in [0.1, 0.15) is 12.1 Å². The zero-order valence-corrected chi connectivity index (χ0v) is 22.0. The molecule has 1 saturated heterocycles. The molecule has 1 unspecified atom stereocenters.